The van der Waals surface area contributed by atoms with Crippen LogP contribution < -0.4 is 0 Å². The molecule has 0 aliphatic heterocycles. The van der Waals surface area contributed by atoms with Crippen LogP contribution in [0.3, 0.4) is 0 Å². The molecule has 0 unspecified atom stereocenters. The van der Waals surface area contributed by atoms with Gasteiger partial charge >= 0.3 is 0 Å². The summed E-state index contributed by atoms with van der Waals surface area (Å²) in [6.45, 7) is 0. The first kappa shape index (κ1) is 17.4. The quantitative estimate of drug-likeness (QED) is 0.188. The van der Waals surface area contributed by atoms with Crippen LogP contribution in [0.2, 0.25) is 0 Å². The van der Waals surface area contributed by atoms with Crippen LogP contribution in [-0.2, 0) is 0 Å². The molecule has 0 aliphatic rings. The van der Waals surface area contributed by atoms with E-state index in [4.69, 9.17) is 12.6 Å². The van der Waals surface area contributed by atoms with Crippen LogP contribution >= 0.6 is 0 Å². The first-order valence-corrected chi connectivity index (χ1v) is 14.6. The molecule has 1 aromatic heterocycles. The Hall–Kier alpha value is -5.92. The van der Waals surface area contributed by atoms with Crippen LogP contribution in [0.4, 0.5) is 0 Å². The number of hydrogen-bond donors (Lipinski definition) is 0. The topological polar surface area (TPSA) is 13.1 Å². The van der Waals surface area contributed by atoms with Crippen LogP contribution in [-0.4, -0.2) is 0 Å². The van der Waals surface area contributed by atoms with E-state index >= 15 is 0 Å². The van der Waals surface area contributed by atoms with Crippen LogP contribution in [0, 0.1) is 0 Å². The van der Waals surface area contributed by atoms with Gasteiger partial charge in [0.05, 0.1) is 13.7 Å². The molecule has 45 heavy (non-hydrogen) atoms. The van der Waals surface area contributed by atoms with Gasteiger partial charge in [-0.2, -0.15) is 0 Å². The van der Waals surface area contributed by atoms with Crippen molar-refractivity contribution in [3.63, 3.8) is 0 Å². The van der Waals surface area contributed by atoms with Crippen molar-refractivity contribution in [3.8, 4) is 44.5 Å². The Morgan fingerprint density at radius 1 is 0.356 bits per heavy atom. The Labute approximate surface area is 275 Å². The highest BCUT2D eigenvalue weighted by Crippen LogP contribution is 2.48. The molecular weight excluding hydrogens is 544 g/mol. The van der Waals surface area contributed by atoms with Crippen LogP contribution in [0.25, 0.3) is 88.0 Å². The molecule has 9 aromatic rings. The van der Waals surface area contributed by atoms with Crippen LogP contribution in [0.15, 0.2) is 174 Å². The lowest BCUT2D eigenvalue weighted by Crippen LogP contribution is -1.93. The monoisotopic (exact) mass is 582 g/mol. The largest absolute Gasteiger partial charge is 0.455 e. The summed E-state index contributed by atoms with van der Waals surface area (Å²) in [5.74, 6) is 0. The van der Waals surface area contributed by atoms with Gasteiger partial charge in [-0.1, -0.05) is 158 Å². The summed E-state index contributed by atoms with van der Waals surface area (Å²) in [5.41, 5.74) is 3.46. The van der Waals surface area contributed by atoms with Gasteiger partial charge in [0.1, 0.15) is 11.2 Å². The van der Waals surface area contributed by atoms with E-state index in [9.17, 15) is 5.48 Å². The summed E-state index contributed by atoms with van der Waals surface area (Å²) in [7, 11) is 0. The maximum absolute atomic E-state index is 9.71. The second-order valence-electron chi connectivity index (χ2n) is 10.8. The first-order valence-electron chi connectivity index (χ1n) is 19.6. The van der Waals surface area contributed by atoms with Crippen molar-refractivity contribution in [2.75, 3.05) is 0 Å². The van der Waals surface area contributed by atoms with Crippen molar-refractivity contribution >= 4 is 43.5 Å². The fourth-order valence-corrected chi connectivity index (χ4v) is 6.34. The fourth-order valence-electron chi connectivity index (χ4n) is 6.34. The Balaban J connectivity index is 1.47. The van der Waals surface area contributed by atoms with Crippen molar-refractivity contribution in [1.29, 1.82) is 0 Å². The minimum atomic E-state index is -0.464. The van der Waals surface area contributed by atoms with Crippen LogP contribution in [0.1, 0.15) is 13.7 Å². The average Bonchev–Trinajstić information content (AvgIpc) is 3.61. The van der Waals surface area contributed by atoms with E-state index in [1.165, 1.54) is 0 Å². The summed E-state index contributed by atoms with van der Waals surface area (Å²) in [6.07, 6.45) is 0. The van der Waals surface area contributed by atoms with Gasteiger partial charge < -0.3 is 4.42 Å². The number of benzene rings is 8. The van der Waals surface area contributed by atoms with E-state index in [0.29, 0.717) is 54.9 Å². The smallest absolute Gasteiger partial charge is 0.143 e. The zero-order chi connectivity index (χ0) is 38.4. The predicted molar refractivity (Wildman–Crippen MR) is 190 cm³/mol. The maximum Gasteiger partial charge on any atom is 0.143 e. The van der Waals surface area contributed by atoms with Crippen molar-refractivity contribution in [2.24, 2.45) is 0 Å². The van der Waals surface area contributed by atoms with E-state index in [1.54, 1.807) is 24.3 Å². The average molecular weight is 583 g/mol. The lowest BCUT2D eigenvalue weighted by molar-refractivity contribution is 0.670. The molecule has 0 saturated carbocycles. The van der Waals surface area contributed by atoms with Crippen molar-refractivity contribution < 1.29 is 18.1 Å². The molecule has 0 atom stereocenters. The van der Waals surface area contributed by atoms with E-state index < -0.39 is 12.1 Å². The van der Waals surface area contributed by atoms with Gasteiger partial charge in [-0.15, -0.1) is 0 Å². The van der Waals surface area contributed by atoms with Gasteiger partial charge in [-0.3, -0.25) is 0 Å². The molecule has 1 nitrogen and oxygen atoms in total. The molecule has 0 aliphatic carbocycles. The molecule has 0 radical (unpaired) electrons. The molecule has 0 spiro atoms. The van der Waals surface area contributed by atoms with E-state index in [-0.39, 0.29) is 81.4 Å². The standard InChI is InChI=1S/C44H28O/c1-3-13-29(14-4-1)30-23-25-32(26-24-30)41-34-18-7-9-20-36(34)43(37-21-10-8-19-35(37)41)39-28-27-38-33-17-11-12-22-40(33)45-44(38)42(39)31-15-5-2-6-16-31/h1-28H/i11D,12D,17D,22D,23D,24D,25D,26D,27D,28D. The summed E-state index contributed by atoms with van der Waals surface area (Å²) in [4.78, 5) is 0. The SMILES string of the molecule is [2H]c1c([2H])c(-c2c3ccccc3c(-c3c([2H])c([2H])c4c(oc5c([2H])c([2H])c([2H])c([2H])c54)c3-c3ccccc3)c3ccccc23)c([2H])c([2H])c1-c1ccccc1. The molecule has 0 saturated heterocycles. The third-order valence-electron chi connectivity index (χ3n) is 8.31. The number of para-hydroxylation sites is 1. The highest BCUT2D eigenvalue weighted by atomic mass is 16.3. The molecular formula is C44H28O. The molecule has 0 amide bonds. The molecule has 0 fully saturated rings. The van der Waals surface area contributed by atoms with Gasteiger partial charge in [0.25, 0.3) is 0 Å². The molecule has 0 N–H and O–H groups in total. The number of furan rings is 1. The van der Waals surface area contributed by atoms with Crippen molar-refractivity contribution in [3.05, 3.63) is 170 Å². The maximum atomic E-state index is 9.71. The Morgan fingerprint density at radius 2 is 0.889 bits per heavy atom. The van der Waals surface area contributed by atoms with E-state index in [1.807, 2.05) is 84.9 Å². The number of fused-ring (bicyclic) bond motifs is 5. The Morgan fingerprint density at radius 3 is 1.53 bits per heavy atom. The summed E-state index contributed by atoms with van der Waals surface area (Å²) >= 11 is 0. The molecule has 9 rings (SSSR count). The molecule has 210 valence electrons. The molecule has 1 heteroatoms. The van der Waals surface area contributed by atoms with Gasteiger partial charge in [0.2, 0.25) is 0 Å². The summed E-state index contributed by atoms with van der Waals surface area (Å²) in [6, 6.07) is 30.2. The van der Waals surface area contributed by atoms with Crippen molar-refractivity contribution in [1.82, 2.24) is 0 Å². The van der Waals surface area contributed by atoms with E-state index in [2.05, 4.69) is 0 Å². The van der Waals surface area contributed by atoms with Gasteiger partial charge in [-0.05, 0) is 72.6 Å². The number of rotatable bonds is 4. The van der Waals surface area contributed by atoms with E-state index in [0.717, 1.165) is 0 Å². The lowest BCUT2D eigenvalue weighted by Gasteiger charge is -2.20. The molecule has 1 heterocycles. The highest BCUT2D eigenvalue weighted by Gasteiger charge is 2.22. The molecule has 8 aromatic carbocycles. The fraction of sp³-hybridized carbons (Fsp3) is 0. The first-order chi connectivity index (χ1) is 26.5. The number of hydrogen-bond acceptors (Lipinski definition) is 1. The zero-order valence-corrected chi connectivity index (χ0v) is 23.8. The third kappa shape index (κ3) is 4.09. The summed E-state index contributed by atoms with van der Waals surface area (Å²) < 4.78 is 96.6. The summed E-state index contributed by atoms with van der Waals surface area (Å²) in [5, 5.41) is 2.63. The van der Waals surface area contributed by atoms with Crippen molar-refractivity contribution in [2.45, 2.75) is 0 Å². The zero-order valence-electron chi connectivity index (χ0n) is 33.8. The third-order valence-corrected chi connectivity index (χ3v) is 8.31. The second-order valence-corrected chi connectivity index (χ2v) is 10.8. The van der Waals surface area contributed by atoms with Gasteiger partial charge in [-0.25, -0.2) is 0 Å². The second kappa shape index (κ2) is 10.4. The molecule has 0 bridgehead atoms. The van der Waals surface area contributed by atoms with Gasteiger partial charge in [0.15, 0.2) is 0 Å². The lowest BCUT2D eigenvalue weighted by atomic mass is 9.83. The minimum absolute atomic E-state index is 0.0376. The van der Waals surface area contributed by atoms with Crippen LogP contribution in [0.5, 0.6) is 0 Å². The van der Waals surface area contributed by atoms with Gasteiger partial charge in [0, 0.05) is 16.3 Å². The normalized spacial score (nSPS) is 14.7. The predicted octanol–water partition coefficient (Wildman–Crippen LogP) is 12.6. The Bertz CT molecular complexity index is 3000. The Kier molecular flexibility index (Phi) is 4.01. The minimum Gasteiger partial charge on any atom is -0.455 e. The highest BCUT2D eigenvalue weighted by molar-refractivity contribution is 6.24.